The molecule has 4 heterocycles. The van der Waals surface area contributed by atoms with E-state index in [1.54, 1.807) is 29.9 Å². The summed E-state index contributed by atoms with van der Waals surface area (Å²) in [5.41, 5.74) is 12.5. The Balaban J connectivity index is 0.000000204. The Morgan fingerprint density at radius 2 is 2.21 bits per heavy atom. The number of nitrogens with zero attached hydrogens (tertiary/aromatic N) is 6. The summed E-state index contributed by atoms with van der Waals surface area (Å²) < 4.78 is 13.9. The van der Waals surface area contributed by atoms with Crippen LogP contribution in [0, 0.1) is 0 Å². The molecule has 0 spiro atoms. The average Bonchev–Trinajstić information content (AvgIpc) is 3.51. The van der Waals surface area contributed by atoms with Gasteiger partial charge < -0.3 is 19.2 Å². The third-order valence-corrected chi connectivity index (χ3v) is 6.39. The molecule has 1 aliphatic rings. The maximum Gasteiger partial charge on any atom is 0.341 e. The lowest BCUT2D eigenvalue weighted by atomic mass is 9.97. The second-order valence-electron chi connectivity index (χ2n) is 9.05. The molecule has 1 N–H and O–H groups in total. The zero-order valence-corrected chi connectivity index (χ0v) is 22.9. The predicted molar refractivity (Wildman–Crippen MR) is 148 cm³/mol. The molecule has 2 atom stereocenters. The Morgan fingerprint density at radius 1 is 1.37 bits per heavy atom. The van der Waals surface area contributed by atoms with E-state index in [2.05, 4.69) is 60.3 Å². The van der Waals surface area contributed by atoms with Gasteiger partial charge in [0.25, 0.3) is 0 Å². The molecule has 0 radical (unpaired) electrons. The van der Waals surface area contributed by atoms with Gasteiger partial charge in [0.1, 0.15) is 17.0 Å². The lowest BCUT2D eigenvalue weighted by Crippen LogP contribution is -2.33. The van der Waals surface area contributed by atoms with Crippen molar-refractivity contribution in [2.45, 2.75) is 38.8 Å². The molecule has 3 aromatic heterocycles. The first kappa shape index (κ1) is 27.0. The van der Waals surface area contributed by atoms with Crippen molar-refractivity contribution in [1.82, 2.24) is 14.4 Å². The van der Waals surface area contributed by atoms with Gasteiger partial charge in [-0.2, -0.15) is 0 Å². The number of fused-ring (bicyclic) bond motifs is 2. The van der Waals surface area contributed by atoms with E-state index in [1.165, 1.54) is 6.20 Å². The summed E-state index contributed by atoms with van der Waals surface area (Å²) in [6.07, 6.45) is 9.32. The number of aromatic nitrogens is 3. The summed E-state index contributed by atoms with van der Waals surface area (Å²) in [6.45, 7) is 6.52. The fourth-order valence-electron chi connectivity index (χ4n) is 4.22. The van der Waals surface area contributed by atoms with E-state index < -0.39 is 5.60 Å². The van der Waals surface area contributed by atoms with Crippen LogP contribution in [0.4, 0.5) is 5.69 Å². The van der Waals surface area contributed by atoms with E-state index in [1.807, 2.05) is 37.4 Å². The summed E-state index contributed by atoms with van der Waals surface area (Å²) >= 11 is 3.58. The maximum atomic E-state index is 11.3. The molecule has 10 nitrogen and oxygen atoms in total. The van der Waals surface area contributed by atoms with E-state index >= 15 is 0 Å². The number of esters is 1. The number of benzene rings is 1. The van der Waals surface area contributed by atoms with Gasteiger partial charge in [-0.1, -0.05) is 21.0 Å². The van der Waals surface area contributed by atoms with E-state index in [9.17, 15) is 4.79 Å². The number of carbonyl (C=O) groups is 1. The number of carbonyl (C=O) groups excluding carboxylic acids is 1. The van der Waals surface area contributed by atoms with Gasteiger partial charge in [-0.3, -0.25) is 4.98 Å². The third-order valence-electron chi connectivity index (χ3n) is 5.93. The summed E-state index contributed by atoms with van der Waals surface area (Å²) in [5.74, 6) is 0.535. The van der Waals surface area contributed by atoms with E-state index in [0.29, 0.717) is 25.1 Å². The van der Waals surface area contributed by atoms with Crippen molar-refractivity contribution in [2.24, 2.45) is 5.11 Å². The highest BCUT2D eigenvalue weighted by Crippen LogP contribution is 2.42. The van der Waals surface area contributed by atoms with E-state index in [0.717, 1.165) is 32.7 Å². The standard InChI is InChI=1S/C17H18BrN5O.C10H10N2O2/c1-11(22-14-4-3-5-20-9-14)15-7-13(18)6-12-8-17(2,10-21-23-19)24-16(12)15;1-2-14-10(13)8-6-11-9-4-3-5-12(9)7-8/h3-7,9,11,22H,8,10H2,1-2H3;3-7H,2H2,1H3. The molecule has 196 valence electrons. The lowest BCUT2D eigenvalue weighted by Gasteiger charge is -2.23. The number of ether oxygens (including phenoxy) is 2. The molecule has 2 unspecified atom stereocenters. The highest BCUT2D eigenvalue weighted by atomic mass is 79.9. The zero-order valence-electron chi connectivity index (χ0n) is 21.3. The van der Waals surface area contributed by atoms with Crippen LogP contribution in [-0.2, 0) is 11.2 Å². The number of azide groups is 1. The van der Waals surface area contributed by atoms with Crippen LogP contribution in [-0.4, -0.2) is 39.1 Å². The van der Waals surface area contributed by atoms with Crippen LogP contribution in [0.15, 0.2) is 77.0 Å². The molecule has 38 heavy (non-hydrogen) atoms. The Hall–Kier alpha value is -4.08. The highest BCUT2D eigenvalue weighted by Gasteiger charge is 2.36. The molecule has 0 amide bonds. The second kappa shape index (κ2) is 12.0. The monoisotopic (exact) mass is 577 g/mol. The number of nitrogens with one attached hydrogen (secondary N) is 1. The normalized spacial score (nSPS) is 16.3. The number of hydrogen-bond acceptors (Lipinski definition) is 7. The van der Waals surface area contributed by atoms with Gasteiger partial charge >= 0.3 is 5.97 Å². The minimum atomic E-state index is -0.502. The molecule has 0 aliphatic carbocycles. The van der Waals surface area contributed by atoms with Gasteiger partial charge in [-0.25, -0.2) is 9.78 Å². The van der Waals surface area contributed by atoms with Crippen molar-refractivity contribution in [2.75, 3.05) is 18.5 Å². The molecule has 0 fully saturated rings. The van der Waals surface area contributed by atoms with Gasteiger partial charge in [0.2, 0.25) is 0 Å². The second-order valence-corrected chi connectivity index (χ2v) is 9.96. The molecule has 4 aromatic rings. The smallest absolute Gasteiger partial charge is 0.341 e. The number of anilines is 1. The molecule has 0 saturated heterocycles. The summed E-state index contributed by atoms with van der Waals surface area (Å²) in [5, 5.41) is 7.13. The SMILES string of the molecule is CC(Nc1cccnc1)c1cc(Br)cc2c1OC(C)(CN=[N+]=[N-])C2.CCOC(=O)c1cnc2cccn2c1. The molecule has 0 saturated carbocycles. The number of halogens is 1. The van der Waals surface area contributed by atoms with Crippen LogP contribution in [0.25, 0.3) is 16.1 Å². The first-order valence-electron chi connectivity index (χ1n) is 12.1. The molecular weight excluding hydrogens is 550 g/mol. The van der Waals surface area contributed by atoms with Crippen LogP contribution >= 0.6 is 15.9 Å². The van der Waals surface area contributed by atoms with Crippen molar-refractivity contribution < 1.29 is 14.3 Å². The maximum absolute atomic E-state index is 11.3. The van der Waals surface area contributed by atoms with Gasteiger partial charge in [0.15, 0.2) is 0 Å². The Labute approximate surface area is 228 Å². The average molecular weight is 578 g/mol. The largest absolute Gasteiger partial charge is 0.486 e. The summed E-state index contributed by atoms with van der Waals surface area (Å²) in [4.78, 5) is 22.4. The van der Waals surface area contributed by atoms with Crippen LogP contribution in [0.5, 0.6) is 5.75 Å². The van der Waals surface area contributed by atoms with Crippen molar-refractivity contribution in [1.29, 1.82) is 0 Å². The van der Waals surface area contributed by atoms with Crippen molar-refractivity contribution >= 4 is 33.2 Å². The number of rotatable bonds is 7. The fourth-order valence-corrected chi connectivity index (χ4v) is 4.75. The lowest BCUT2D eigenvalue weighted by molar-refractivity contribution is 0.0525. The van der Waals surface area contributed by atoms with Gasteiger partial charge in [0, 0.05) is 52.4 Å². The van der Waals surface area contributed by atoms with Crippen LogP contribution in [0.3, 0.4) is 0 Å². The third kappa shape index (κ3) is 6.42. The summed E-state index contributed by atoms with van der Waals surface area (Å²) in [6, 6.07) is 11.8. The predicted octanol–water partition coefficient (Wildman–Crippen LogP) is 6.53. The fraction of sp³-hybridized carbons (Fsp3) is 0.296. The minimum Gasteiger partial charge on any atom is -0.486 e. The molecule has 0 bridgehead atoms. The Kier molecular flexibility index (Phi) is 8.50. The topological polar surface area (TPSA) is 127 Å². The van der Waals surface area contributed by atoms with Crippen molar-refractivity contribution in [3.63, 3.8) is 0 Å². The van der Waals surface area contributed by atoms with Crippen LogP contribution in [0.1, 0.15) is 48.3 Å². The van der Waals surface area contributed by atoms with Crippen LogP contribution < -0.4 is 10.1 Å². The molecule has 1 aliphatic heterocycles. The summed E-state index contributed by atoms with van der Waals surface area (Å²) in [7, 11) is 0. The Bertz CT molecular complexity index is 1470. The van der Waals surface area contributed by atoms with Gasteiger partial charge in [-0.15, -0.1) is 0 Å². The van der Waals surface area contributed by atoms with Gasteiger partial charge in [0.05, 0.1) is 30.4 Å². The van der Waals surface area contributed by atoms with E-state index in [4.69, 9.17) is 15.0 Å². The minimum absolute atomic E-state index is 0.0438. The van der Waals surface area contributed by atoms with E-state index in [-0.39, 0.29) is 12.0 Å². The first-order valence-corrected chi connectivity index (χ1v) is 12.9. The molecule has 5 rings (SSSR count). The molecular formula is C27H28BrN7O3. The number of hydrogen-bond donors (Lipinski definition) is 1. The van der Waals surface area contributed by atoms with Crippen LogP contribution in [0.2, 0.25) is 0 Å². The van der Waals surface area contributed by atoms with Crippen molar-refractivity contribution in [3.8, 4) is 5.75 Å². The quantitative estimate of drug-likeness (QED) is 0.115. The zero-order chi connectivity index (χ0) is 27.1. The van der Waals surface area contributed by atoms with Gasteiger partial charge in [-0.05, 0) is 68.3 Å². The molecule has 1 aromatic carbocycles. The number of pyridine rings is 1. The first-order chi connectivity index (χ1) is 18.3. The highest BCUT2D eigenvalue weighted by molar-refractivity contribution is 9.10. The van der Waals surface area contributed by atoms with Crippen molar-refractivity contribution in [3.05, 3.63) is 99.0 Å². The Morgan fingerprint density at radius 3 is 2.95 bits per heavy atom. The molecule has 11 heteroatoms.